The van der Waals surface area contributed by atoms with Crippen molar-refractivity contribution in [1.82, 2.24) is 9.88 Å². The van der Waals surface area contributed by atoms with Crippen LogP contribution >= 0.6 is 15.9 Å². The Hall–Kier alpha value is -0.800. The maximum atomic E-state index is 3.61. The largest absolute Gasteiger partial charge is 0.345 e. The van der Waals surface area contributed by atoms with Gasteiger partial charge in [-0.1, -0.05) is 22.0 Å². The van der Waals surface area contributed by atoms with Crippen LogP contribution < -0.4 is 5.32 Å². The van der Waals surface area contributed by atoms with Gasteiger partial charge in [0.15, 0.2) is 0 Å². The fourth-order valence-electron chi connectivity index (χ4n) is 2.14. The zero-order chi connectivity index (χ0) is 11.5. The zero-order valence-corrected chi connectivity index (χ0v) is 11.3. The molecular formula is C13H17BrN2. The minimum Gasteiger partial charge on any atom is -0.345 e. The van der Waals surface area contributed by atoms with Crippen molar-refractivity contribution in [3.63, 3.8) is 0 Å². The molecule has 0 aliphatic rings. The maximum absolute atomic E-state index is 3.61. The van der Waals surface area contributed by atoms with E-state index < -0.39 is 0 Å². The third-order valence-corrected chi connectivity index (χ3v) is 3.62. The van der Waals surface area contributed by atoms with Crippen molar-refractivity contribution in [2.45, 2.75) is 19.9 Å². The summed E-state index contributed by atoms with van der Waals surface area (Å²) in [5.74, 6) is 0. The van der Waals surface area contributed by atoms with Gasteiger partial charge in [0.1, 0.15) is 0 Å². The van der Waals surface area contributed by atoms with Crippen molar-refractivity contribution in [2.75, 3.05) is 13.6 Å². The normalized spacial score (nSPS) is 11.2. The van der Waals surface area contributed by atoms with Gasteiger partial charge in [-0.3, -0.25) is 0 Å². The molecule has 2 nitrogen and oxygen atoms in total. The number of nitrogens with one attached hydrogen (secondary N) is 1. The van der Waals surface area contributed by atoms with Crippen molar-refractivity contribution >= 4 is 26.8 Å². The van der Waals surface area contributed by atoms with E-state index >= 15 is 0 Å². The Morgan fingerprint density at radius 3 is 2.88 bits per heavy atom. The van der Waals surface area contributed by atoms with Gasteiger partial charge in [0.2, 0.25) is 0 Å². The molecule has 0 radical (unpaired) electrons. The standard InChI is InChI=1S/C13H17BrN2/c1-3-16-10(7-8-15-2)9-11-12(14)5-4-6-13(11)16/h4-6,9,15H,3,7-8H2,1-2H3. The van der Waals surface area contributed by atoms with Crippen LogP contribution in [0.4, 0.5) is 0 Å². The van der Waals surface area contributed by atoms with Crippen LogP contribution in [0.3, 0.4) is 0 Å². The molecule has 0 saturated carbocycles. The molecule has 1 N–H and O–H groups in total. The number of nitrogens with zero attached hydrogens (tertiary/aromatic N) is 1. The summed E-state index contributed by atoms with van der Waals surface area (Å²) in [5, 5.41) is 4.52. The summed E-state index contributed by atoms with van der Waals surface area (Å²) in [6.45, 7) is 4.25. The van der Waals surface area contributed by atoms with Crippen LogP contribution in [0.1, 0.15) is 12.6 Å². The van der Waals surface area contributed by atoms with Crippen molar-refractivity contribution in [3.8, 4) is 0 Å². The van der Waals surface area contributed by atoms with Crippen molar-refractivity contribution in [2.24, 2.45) is 0 Å². The van der Waals surface area contributed by atoms with Crippen LogP contribution in [0.5, 0.6) is 0 Å². The Bertz CT molecular complexity index is 488. The van der Waals surface area contributed by atoms with E-state index in [0.29, 0.717) is 0 Å². The third-order valence-electron chi connectivity index (χ3n) is 2.93. The number of aryl methyl sites for hydroxylation is 1. The summed E-state index contributed by atoms with van der Waals surface area (Å²) >= 11 is 3.61. The predicted octanol–water partition coefficient (Wildman–Crippen LogP) is 3.19. The molecule has 0 atom stereocenters. The number of fused-ring (bicyclic) bond motifs is 1. The quantitative estimate of drug-likeness (QED) is 0.910. The molecule has 16 heavy (non-hydrogen) atoms. The Morgan fingerprint density at radius 1 is 1.38 bits per heavy atom. The first-order valence-electron chi connectivity index (χ1n) is 5.69. The fourth-order valence-corrected chi connectivity index (χ4v) is 2.61. The van der Waals surface area contributed by atoms with E-state index in [1.54, 1.807) is 0 Å². The Labute approximate surface area is 105 Å². The topological polar surface area (TPSA) is 17.0 Å². The fraction of sp³-hybridized carbons (Fsp3) is 0.385. The highest BCUT2D eigenvalue weighted by Gasteiger charge is 2.08. The average molecular weight is 281 g/mol. The summed E-state index contributed by atoms with van der Waals surface area (Å²) in [6.07, 6.45) is 1.07. The Kier molecular flexibility index (Phi) is 3.66. The van der Waals surface area contributed by atoms with Gasteiger partial charge in [-0.2, -0.15) is 0 Å². The van der Waals surface area contributed by atoms with Crippen LogP contribution in [0.25, 0.3) is 10.9 Å². The van der Waals surface area contributed by atoms with Gasteiger partial charge in [0, 0.05) is 40.6 Å². The van der Waals surface area contributed by atoms with Gasteiger partial charge in [0.25, 0.3) is 0 Å². The third kappa shape index (κ3) is 2.02. The summed E-state index contributed by atoms with van der Waals surface area (Å²) in [4.78, 5) is 0. The van der Waals surface area contributed by atoms with Gasteiger partial charge in [0.05, 0.1) is 0 Å². The lowest BCUT2D eigenvalue weighted by atomic mass is 10.2. The number of benzene rings is 1. The number of aromatic nitrogens is 1. The molecule has 1 heterocycles. The molecule has 0 fully saturated rings. The highest BCUT2D eigenvalue weighted by Crippen LogP contribution is 2.27. The lowest BCUT2D eigenvalue weighted by Gasteiger charge is -2.07. The van der Waals surface area contributed by atoms with Gasteiger partial charge in [-0.25, -0.2) is 0 Å². The molecule has 1 aromatic carbocycles. The van der Waals surface area contributed by atoms with E-state index in [2.05, 4.69) is 57.0 Å². The van der Waals surface area contributed by atoms with E-state index in [0.717, 1.165) is 19.5 Å². The molecule has 0 aliphatic heterocycles. The molecule has 86 valence electrons. The number of hydrogen-bond donors (Lipinski definition) is 1. The lowest BCUT2D eigenvalue weighted by Crippen LogP contribution is -2.12. The second kappa shape index (κ2) is 5.02. The molecule has 3 heteroatoms. The molecule has 0 spiro atoms. The van der Waals surface area contributed by atoms with E-state index in [9.17, 15) is 0 Å². The van der Waals surface area contributed by atoms with Gasteiger partial charge < -0.3 is 9.88 Å². The predicted molar refractivity (Wildman–Crippen MR) is 72.9 cm³/mol. The number of rotatable bonds is 4. The van der Waals surface area contributed by atoms with E-state index in [4.69, 9.17) is 0 Å². The highest BCUT2D eigenvalue weighted by molar-refractivity contribution is 9.10. The van der Waals surface area contributed by atoms with Crippen molar-refractivity contribution < 1.29 is 0 Å². The molecular weight excluding hydrogens is 264 g/mol. The first-order valence-corrected chi connectivity index (χ1v) is 6.48. The zero-order valence-electron chi connectivity index (χ0n) is 9.76. The van der Waals surface area contributed by atoms with Crippen molar-refractivity contribution in [3.05, 3.63) is 34.4 Å². The number of likely N-dealkylation sites (N-methyl/N-ethyl adjacent to an activating group) is 1. The molecule has 0 saturated heterocycles. The first kappa shape index (κ1) is 11.7. The van der Waals surface area contributed by atoms with Crippen LogP contribution in [-0.2, 0) is 13.0 Å². The SMILES string of the molecule is CCn1c(CCNC)cc2c(Br)cccc21. The molecule has 0 bridgehead atoms. The Morgan fingerprint density at radius 2 is 2.19 bits per heavy atom. The van der Waals surface area contributed by atoms with Gasteiger partial charge in [-0.05, 0) is 32.2 Å². The molecule has 0 aliphatic carbocycles. The van der Waals surface area contributed by atoms with Crippen LogP contribution in [0, 0.1) is 0 Å². The van der Waals surface area contributed by atoms with Gasteiger partial charge >= 0.3 is 0 Å². The minimum atomic E-state index is 1.02. The average Bonchev–Trinajstić information content (AvgIpc) is 2.65. The molecule has 0 amide bonds. The summed E-state index contributed by atoms with van der Waals surface area (Å²) in [7, 11) is 1.99. The molecule has 2 aromatic rings. The first-order chi connectivity index (χ1) is 7.77. The van der Waals surface area contributed by atoms with Crippen molar-refractivity contribution in [1.29, 1.82) is 0 Å². The van der Waals surface area contributed by atoms with Gasteiger partial charge in [-0.15, -0.1) is 0 Å². The van der Waals surface area contributed by atoms with Crippen LogP contribution in [0.2, 0.25) is 0 Å². The highest BCUT2D eigenvalue weighted by atomic mass is 79.9. The maximum Gasteiger partial charge on any atom is 0.0493 e. The molecule has 1 aromatic heterocycles. The van der Waals surface area contributed by atoms with E-state index in [1.807, 2.05) is 7.05 Å². The summed E-state index contributed by atoms with van der Waals surface area (Å²) in [5.41, 5.74) is 2.72. The second-order valence-electron chi connectivity index (χ2n) is 3.91. The van der Waals surface area contributed by atoms with Crippen LogP contribution in [0.15, 0.2) is 28.7 Å². The molecule has 0 unspecified atom stereocenters. The minimum absolute atomic E-state index is 1.02. The van der Waals surface area contributed by atoms with E-state index in [1.165, 1.54) is 21.1 Å². The lowest BCUT2D eigenvalue weighted by molar-refractivity contribution is 0.700. The molecule has 2 rings (SSSR count). The van der Waals surface area contributed by atoms with Crippen LogP contribution in [-0.4, -0.2) is 18.2 Å². The summed E-state index contributed by atoms with van der Waals surface area (Å²) in [6, 6.07) is 8.68. The van der Waals surface area contributed by atoms with E-state index in [-0.39, 0.29) is 0 Å². The smallest absolute Gasteiger partial charge is 0.0493 e. The summed E-state index contributed by atoms with van der Waals surface area (Å²) < 4.78 is 3.57. The number of halogens is 1. The Balaban J connectivity index is 2.52. The second-order valence-corrected chi connectivity index (χ2v) is 4.76. The number of hydrogen-bond acceptors (Lipinski definition) is 1. The monoisotopic (exact) mass is 280 g/mol.